The molecule has 0 radical (unpaired) electrons. The van der Waals surface area contributed by atoms with Gasteiger partial charge in [-0.2, -0.15) is 0 Å². The molecule has 8 heteroatoms. The summed E-state index contributed by atoms with van der Waals surface area (Å²) in [7, 11) is 1.68. The molecule has 2 rings (SSSR count). The van der Waals surface area contributed by atoms with Crippen LogP contribution in [0.1, 0.15) is 36.0 Å². The minimum atomic E-state index is -0.160. The van der Waals surface area contributed by atoms with Crippen LogP contribution >= 0.6 is 34.5 Å². The number of methoxy groups -OCH3 is 1. The molecule has 1 fully saturated rings. The Morgan fingerprint density at radius 1 is 1.33 bits per heavy atom. The van der Waals surface area contributed by atoms with Gasteiger partial charge in [0.15, 0.2) is 5.78 Å². The van der Waals surface area contributed by atoms with E-state index in [9.17, 15) is 9.59 Å². The number of ketones is 1. The molecule has 0 atom stereocenters. The van der Waals surface area contributed by atoms with Crippen molar-refractivity contribution in [2.24, 2.45) is 5.41 Å². The molecule has 0 aliphatic carbocycles. The molecule has 1 aromatic heterocycles. The molecule has 0 bridgehead atoms. The average Bonchev–Trinajstić information content (AvgIpc) is 2.90. The zero-order valence-corrected chi connectivity index (χ0v) is 16.0. The van der Waals surface area contributed by atoms with Gasteiger partial charge in [0, 0.05) is 37.5 Å². The van der Waals surface area contributed by atoms with Crippen LogP contribution in [0.4, 0.5) is 0 Å². The number of carbonyl (C=O) groups excluding carboxylic acids is 2. The third-order valence-electron chi connectivity index (χ3n) is 4.31. The Morgan fingerprint density at radius 3 is 2.62 bits per heavy atom. The standard InChI is InChI=1S/C16H22Cl2N2O3S/c1-23-10-16(4-6-19-7-5-16)9-20-14(22)3-2-12(21)11-8-13(17)24-15(11)18/h8,19H,2-7,9-10H2,1H3,(H,20,22). The number of amides is 1. The first kappa shape index (κ1) is 19.7. The van der Waals surface area contributed by atoms with E-state index in [1.54, 1.807) is 13.2 Å². The monoisotopic (exact) mass is 392 g/mol. The summed E-state index contributed by atoms with van der Waals surface area (Å²) >= 11 is 13.0. The lowest BCUT2D eigenvalue weighted by Gasteiger charge is -2.37. The molecule has 0 spiro atoms. The predicted molar refractivity (Wildman–Crippen MR) is 97.3 cm³/mol. The predicted octanol–water partition coefficient (Wildman–Crippen LogP) is 3.15. The molecule has 0 unspecified atom stereocenters. The molecule has 1 aliphatic heterocycles. The van der Waals surface area contributed by atoms with Crippen LogP contribution in [0.25, 0.3) is 0 Å². The molecule has 1 aliphatic rings. The highest BCUT2D eigenvalue weighted by atomic mass is 35.5. The van der Waals surface area contributed by atoms with E-state index in [2.05, 4.69) is 10.6 Å². The van der Waals surface area contributed by atoms with Crippen molar-refractivity contribution < 1.29 is 14.3 Å². The minimum Gasteiger partial charge on any atom is -0.384 e. The van der Waals surface area contributed by atoms with Crippen LogP contribution in [-0.2, 0) is 9.53 Å². The van der Waals surface area contributed by atoms with Gasteiger partial charge in [0.1, 0.15) is 4.34 Å². The summed E-state index contributed by atoms with van der Waals surface area (Å²) in [6.45, 7) is 3.04. The first-order chi connectivity index (χ1) is 11.5. The average molecular weight is 393 g/mol. The normalized spacial score (nSPS) is 16.8. The van der Waals surface area contributed by atoms with Gasteiger partial charge >= 0.3 is 0 Å². The first-order valence-electron chi connectivity index (χ1n) is 7.90. The molecular formula is C16H22Cl2N2O3S. The molecule has 2 N–H and O–H groups in total. The van der Waals surface area contributed by atoms with Gasteiger partial charge in [0.2, 0.25) is 5.91 Å². The van der Waals surface area contributed by atoms with E-state index < -0.39 is 0 Å². The summed E-state index contributed by atoms with van der Waals surface area (Å²) in [6, 6.07) is 1.55. The number of thiophene rings is 1. The fourth-order valence-electron chi connectivity index (χ4n) is 2.90. The Labute approximate surface area is 156 Å². The summed E-state index contributed by atoms with van der Waals surface area (Å²) in [5, 5.41) is 6.27. The largest absolute Gasteiger partial charge is 0.384 e. The second kappa shape index (κ2) is 9.15. The summed E-state index contributed by atoms with van der Waals surface area (Å²) in [4.78, 5) is 24.2. The van der Waals surface area contributed by atoms with E-state index >= 15 is 0 Å². The molecule has 24 heavy (non-hydrogen) atoms. The SMILES string of the molecule is COCC1(CNC(=O)CCC(=O)c2cc(Cl)sc2Cl)CCNCC1. The Morgan fingerprint density at radius 2 is 2.04 bits per heavy atom. The lowest BCUT2D eigenvalue weighted by molar-refractivity contribution is -0.122. The highest BCUT2D eigenvalue weighted by molar-refractivity contribution is 7.20. The molecule has 1 amide bonds. The summed E-state index contributed by atoms with van der Waals surface area (Å²) in [6.07, 6.45) is 2.19. The quantitative estimate of drug-likeness (QED) is 0.666. The lowest BCUT2D eigenvalue weighted by atomic mass is 9.79. The second-order valence-electron chi connectivity index (χ2n) is 6.12. The van der Waals surface area contributed by atoms with Gasteiger partial charge in [-0.3, -0.25) is 9.59 Å². The van der Waals surface area contributed by atoms with Crippen molar-refractivity contribution in [1.82, 2.24) is 10.6 Å². The highest BCUT2D eigenvalue weighted by Crippen LogP contribution is 2.32. The van der Waals surface area contributed by atoms with Crippen molar-refractivity contribution >= 4 is 46.2 Å². The van der Waals surface area contributed by atoms with Crippen LogP contribution in [0.2, 0.25) is 8.67 Å². The number of rotatable bonds is 8. The summed E-state index contributed by atoms with van der Waals surface area (Å²) in [5.74, 6) is -0.290. The van der Waals surface area contributed by atoms with Crippen LogP contribution < -0.4 is 10.6 Å². The molecule has 5 nitrogen and oxygen atoms in total. The highest BCUT2D eigenvalue weighted by Gasteiger charge is 2.32. The van der Waals surface area contributed by atoms with Crippen LogP contribution in [0, 0.1) is 5.41 Å². The molecule has 2 heterocycles. The van der Waals surface area contributed by atoms with Gasteiger partial charge in [-0.15, -0.1) is 11.3 Å². The number of hydrogen-bond donors (Lipinski definition) is 2. The second-order valence-corrected chi connectivity index (χ2v) is 8.41. The van der Waals surface area contributed by atoms with Crippen LogP contribution in [0.3, 0.4) is 0 Å². The van der Waals surface area contributed by atoms with Crippen LogP contribution in [-0.4, -0.2) is 45.0 Å². The van der Waals surface area contributed by atoms with Gasteiger partial charge in [0.25, 0.3) is 0 Å². The number of nitrogens with one attached hydrogen (secondary N) is 2. The van der Waals surface area contributed by atoms with E-state index in [0.29, 0.717) is 27.4 Å². The molecule has 134 valence electrons. The first-order valence-corrected chi connectivity index (χ1v) is 9.47. The minimum absolute atomic E-state index is 0.0239. The van der Waals surface area contributed by atoms with Gasteiger partial charge < -0.3 is 15.4 Å². The fourth-order valence-corrected chi connectivity index (χ4v) is 4.40. The van der Waals surface area contributed by atoms with Gasteiger partial charge in [-0.1, -0.05) is 23.2 Å². The van der Waals surface area contributed by atoms with Gasteiger partial charge in [-0.05, 0) is 32.0 Å². The van der Waals surface area contributed by atoms with Crippen molar-refractivity contribution in [1.29, 1.82) is 0 Å². The van der Waals surface area contributed by atoms with Crippen molar-refractivity contribution in [2.75, 3.05) is 33.4 Å². The zero-order chi connectivity index (χ0) is 17.6. The third kappa shape index (κ3) is 5.43. The zero-order valence-electron chi connectivity index (χ0n) is 13.6. The summed E-state index contributed by atoms with van der Waals surface area (Å²) in [5.41, 5.74) is 0.373. The number of Topliss-reactive ketones (excluding diaryl/α,β-unsaturated/α-hetero) is 1. The molecule has 0 aromatic carbocycles. The maximum Gasteiger partial charge on any atom is 0.220 e. The molecule has 1 aromatic rings. The third-order valence-corrected chi connectivity index (χ3v) is 5.80. The Bertz CT molecular complexity index is 580. The molecular weight excluding hydrogens is 371 g/mol. The molecule has 1 saturated heterocycles. The van der Waals surface area contributed by atoms with Crippen molar-refractivity contribution in [3.63, 3.8) is 0 Å². The van der Waals surface area contributed by atoms with Crippen LogP contribution in [0.5, 0.6) is 0 Å². The van der Waals surface area contributed by atoms with E-state index in [4.69, 9.17) is 27.9 Å². The van der Waals surface area contributed by atoms with Gasteiger partial charge in [-0.25, -0.2) is 0 Å². The Kier molecular flexibility index (Phi) is 7.50. The Balaban J connectivity index is 1.80. The van der Waals surface area contributed by atoms with Crippen molar-refractivity contribution in [3.05, 3.63) is 20.3 Å². The van der Waals surface area contributed by atoms with Crippen molar-refractivity contribution in [3.8, 4) is 0 Å². The van der Waals surface area contributed by atoms with E-state index in [0.717, 1.165) is 37.3 Å². The fraction of sp³-hybridized carbons (Fsp3) is 0.625. The maximum absolute atomic E-state index is 12.1. The van der Waals surface area contributed by atoms with E-state index in [1.165, 1.54) is 0 Å². The topological polar surface area (TPSA) is 67.4 Å². The number of carbonyl (C=O) groups is 2. The van der Waals surface area contributed by atoms with E-state index in [1.807, 2.05) is 0 Å². The number of hydrogen-bond acceptors (Lipinski definition) is 5. The lowest BCUT2D eigenvalue weighted by Crippen LogP contribution is -2.47. The maximum atomic E-state index is 12.1. The molecule has 0 saturated carbocycles. The van der Waals surface area contributed by atoms with Gasteiger partial charge in [0.05, 0.1) is 10.9 Å². The Hall–Kier alpha value is -0.660. The smallest absolute Gasteiger partial charge is 0.220 e. The number of halogens is 2. The van der Waals surface area contributed by atoms with Crippen LogP contribution in [0.15, 0.2) is 6.07 Å². The van der Waals surface area contributed by atoms with Crippen molar-refractivity contribution in [2.45, 2.75) is 25.7 Å². The van der Waals surface area contributed by atoms with E-state index in [-0.39, 0.29) is 29.9 Å². The number of piperidine rings is 1. The number of ether oxygens (including phenoxy) is 1. The summed E-state index contributed by atoms with van der Waals surface area (Å²) < 4.78 is 6.18.